The van der Waals surface area contributed by atoms with Crippen LogP contribution in [-0.4, -0.2) is 24.0 Å². The monoisotopic (exact) mass is 288 g/mol. The molecule has 2 rings (SSSR count). The molecule has 0 aliphatic heterocycles. The molecule has 20 heavy (non-hydrogen) atoms. The Balaban J connectivity index is 2.04. The average molecular weight is 288 g/mol. The van der Waals surface area contributed by atoms with Crippen molar-refractivity contribution in [2.75, 3.05) is 13.1 Å². The Labute approximate surface area is 124 Å². The van der Waals surface area contributed by atoms with Crippen molar-refractivity contribution >= 4 is 17.3 Å². The fraction of sp³-hybridized carbons (Fsp3) is 0.333. The molecule has 0 radical (unpaired) electrons. The van der Waals surface area contributed by atoms with Crippen molar-refractivity contribution in [3.05, 3.63) is 41.4 Å². The minimum absolute atomic E-state index is 0.596. The van der Waals surface area contributed by atoms with Crippen molar-refractivity contribution in [3.63, 3.8) is 0 Å². The van der Waals surface area contributed by atoms with Crippen molar-refractivity contribution in [1.29, 1.82) is 0 Å². The first-order valence-electron chi connectivity index (χ1n) is 6.85. The highest BCUT2D eigenvalue weighted by Gasteiger charge is 2.04. The highest BCUT2D eigenvalue weighted by molar-refractivity contribution is 7.13. The molecule has 0 spiro atoms. The van der Waals surface area contributed by atoms with E-state index in [2.05, 4.69) is 52.0 Å². The number of hydrogen-bond donors (Lipinski definition) is 2. The van der Waals surface area contributed by atoms with E-state index in [1.165, 1.54) is 0 Å². The number of benzene rings is 1. The van der Waals surface area contributed by atoms with E-state index in [0.717, 1.165) is 35.3 Å². The number of aliphatic imine (C=N–C) groups is 1. The summed E-state index contributed by atoms with van der Waals surface area (Å²) in [6.45, 7) is 6.43. The van der Waals surface area contributed by atoms with Crippen molar-refractivity contribution in [2.45, 2.75) is 20.4 Å². The summed E-state index contributed by atoms with van der Waals surface area (Å²) in [5.41, 5.74) is 2.16. The van der Waals surface area contributed by atoms with Crippen LogP contribution in [0.5, 0.6) is 0 Å². The summed E-state index contributed by atoms with van der Waals surface area (Å²) in [7, 11) is 0. The molecule has 0 amide bonds. The SMILES string of the molecule is CCNC(=NCc1csc(-c2ccccc2)n1)NCC. The summed E-state index contributed by atoms with van der Waals surface area (Å²) in [5.74, 6) is 0.837. The molecule has 0 atom stereocenters. The van der Waals surface area contributed by atoms with Crippen LogP contribution in [0.3, 0.4) is 0 Å². The zero-order valence-electron chi connectivity index (χ0n) is 11.9. The smallest absolute Gasteiger partial charge is 0.191 e. The largest absolute Gasteiger partial charge is 0.357 e. The average Bonchev–Trinajstić information content (AvgIpc) is 2.95. The van der Waals surface area contributed by atoms with E-state index in [0.29, 0.717) is 6.54 Å². The molecule has 1 aromatic heterocycles. The lowest BCUT2D eigenvalue weighted by Gasteiger charge is -2.08. The van der Waals surface area contributed by atoms with E-state index >= 15 is 0 Å². The molecule has 0 unspecified atom stereocenters. The van der Waals surface area contributed by atoms with Crippen LogP contribution >= 0.6 is 11.3 Å². The van der Waals surface area contributed by atoms with Gasteiger partial charge < -0.3 is 10.6 Å². The summed E-state index contributed by atoms with van der Waals surface area (Å²) in [5, 5.41) is 9.53. The van der Waals surface area contributed by atoms with Gasteiger partial charge in [0.1, 0.15) is 5.01 Å². The van der Waals surface area contributed by atoms with E-state index in [4.69, 9.17) is 0 Å². The maximum atomic E-state index is 4.63. The van der Waals surface area contributed by atoms with Crippen LogP contribution in [0.4, 0.5) is 0 Å². The highest BCUT2D eigenvalue weighted by Crippen LogP contribution is 2.23. The summed E-state index contributed by atoms with van der Waals surface area (Å²) in [6.07, 6.45) is 0. The van der Waals surface area contributed by atoms with Gasteiger partial charge in [0, 0.05) is 24.0 Å². The molecule has 0 aliphatic rings. The number of rotatable bonds is 5. The van der Waals surface area contributed by atoms with E-state index in [-0.39, 0.29) is 0 Å². The third-order valence-corrected chi connectivity index (χ3v) is 3.60. The summed E-state index contributed by atoms with van der Waals surface area (Å²) in [4.78, 5) is 9.15. The van der Waals surface area contributed by atoms with Gasteiger partial charge in [-0.05, 0) is 13.8 Å². The zero-order chi connectivity index (χ0) is 14.2. The number of nitrogens with zero attached hydrogens (tertiary/aromatic N) is 2. The van der Waals surface area contributed by atoms with Crippen molar-refractivity contribution in [2.24, 2.45) is 4.99 Å². The number of guanidine groups is 1. The van der Waals surface area contributed by atoms with Gasteiger partial charge in [-0.1, -0.05) is 30.3 Å². The Bertz CT molecular complexity index is 540. The second-order valence-corrected chi connectivity index (χ2v) is 5.09. The van der Waals surface area contributed by atoms with Gasteiger partial charge in [0.25, 0.3) is 0 Å². The topological polar surface area (TPSA) is 49.3 Å². The molecule has 0 bridgehead atoms. The quantitative estimate of drug-likeness (QED) is 0.657. The van der Waals surface area contributed by atoms with E-state index in [9.17, 15) is 0 Å². The van der Waals surface area contributed by atoms with Crippen LogP contribution in [-0.2, 0) is 6.54 Å². The lowest BCUT2D eigenvalue weighted by atomic mass is 10.2. The number of thiazole rings is 1. The van der Waals surface area contributed by atoms with Crippen LogP contribution in [0.1, 0.15) is 19.5 Å². The molecule has 0 aliphatic carbocycles. The second kappa shape index (κ2) is 7.65. The van der Waals surface area contributed by atoms with Crippen molar-refractivity contribution < 1.29 is 0 Å². The van der Waals surface area contributed by atoms with Gasteiger partial charge in [-0.25, -0.2) is 9.98 Å². The van der Waals surface area contributed by atoms with Gasteiger partial charge >= 0.3 is 0 Å². The number of aromatic nitrogens is 1. The first-order valence-corrected chi connectivity index (χ1v) is 7.73. The Morgan fingerprint density at radius 3 is 2.50 bits per heavy atom. The Morgan fingerprint density at radius 1 is 1.15 bits per heavy atom. The highest BCUT2D eigenvalue weighted by atomic mass is 32.1. The Morgan fingerprint density at radius 2 is 1.85 bits per heavy atom. The molecular weight excluding hydrogens is 268 g/mol. The number of nitrogens with one attached hydrogen (secondary N) is 2. The van der Waals surface area contributed by atoms with Crippen molar-refractivity contribution in [1.82, 2.24) is 15.6 Å². The predicted octanol–water partition coefficient (Wildman–Crippen LogP) is 2.89. The minimum Gasteiger partial charge on any atom is -0.357 e. The Hall–Kier alpha value is -1.88. The minimum atomic E-state index is 0.596. The standard InChI is InChI=1S/C15H20N4S/c1-3-16-15(17-4-2)18-10-13-11-20-14(19-13)12-8-6-5-7-9-12/h5-9,11H,3-4,10H2,1-2H3,(H2,16,17,18). The van der Waals surface area contributed by atoms with Crippen LogP contribution in [0.2, 0.25) is 0 Å². The first kappa shape index (κ1) is 14.5. The van der Waals surface area contributed by atoms with Gasteiger partial charge in [-0.2, -0.15) is 0 Å². The summed E-state index contributed by atoms with van der Waals surface area (Å²) in [6, 6.07) is 10.2. The van der Waals surface area contributed by atoms with Crippen LogP contribution in [0, 0.1) is 0 Å². The molecule has 4 nitrogen and oxygen atoms in total. The fourth-order valence-corrected chi connectivity index (χ4v) is 2.58. The lowest BCUT2D eigenvalue weighted by Crippen LogP contribution is -2.36. The zero-order valence-corrected chi connectivity index (χ0v) is 12.7. The normalized spacial score (nSPS) is 10.1. The third-order valence-electron chi connectivity index (χ3n) is 2.66. The van der Waals surface area contributed by atoms with E-state index in [1.54, 1.807) is 11.3 Å². The van der Waals surface area contributed by atoms with Gasteiger partial charge in [0.2, 0.25) is 0 Å². The van der Waals surface area contributed by atoms with E-state index < -0.39 is 0 Å². The molecule has 2 aromatic rings. The van der Waals surface area contributed by atoms with Crippen LogP contribution < -0.4 is 10.6 Å². The van der Waals surface area contributed by atoms with Gasteiger partial charge in [0.15, 0.2) is 5.96 Å². The molecule has 0 fully saturated rings. The number of hydrogen-bond acceptors (Lipinski definition) is 3. The summed E-state index contributed by atoms with van der Waals surface area (Å²) >= 11 is 1.66. The summed E-state index contributed by atoms with van der Waals surface area (Å²) < 4.78 is 0. The lowest BCUT2D eigenvalue weighted by molar-refractivity contribution is 0.835. The molecule has 0 saturated heterocycles. The van der Waals surface area contributed by atoms with Crippen LogP contribution in [0.15, 0.2) is 40.7 Å². The Kier molecular flexibility index (Phi) is 5.55. The molecule has 5 heteroatoms. The molecule has 2 N–H and O–H groups in total. The van der Waals surface area contributed by atoms with Gasteiger partial charge in [-0.3, -0.25) is 0 Å². The maximum absolute atomic E-state index is 4.63. The van der Waals surface area contributed by atoms with Crippen LogP contribution in [0.25, 0.3) is 10.6 Å². The first-order chi connectivity index (χ1) is 9.83. The molecule has 1 aromatic carbocycles. The van der Waals surface area contributed by atoms with Gasteiger partial charge in [0.05, 0.1) is 12.2 Å². The fourth-order valence-electron chi connectivity index (χ4n) is 1.76. The third kappa shape index (κ3) is 4.06. The maximum Gasteiger partial charge on any atom is 0.191 e. The molecule has 106 valence electrons. The molecule has 0 saturated carbocycles. The molecular formula is C15H20N4S. The van der Waals surface area contributed by atoms with Crippen molar-refractivity contribution in [3.8, 4) is 10.6 Å². The van der Waals surface area contributed by atoms with E-state index in [1.807, 2.05) is 18.2 Å². The van der Waals surface area contributed by atoms with Gasteiger partial charge in [-0.15, -0.1) is 11.3 Å². The predicted molar refractivity (Wildman–Crippen MR) is 86.0 cm³/mol. The molecule has 1 heterocycles. The second-order valence-electron chi connectivity index (χ2n) is 4.24.